The highest BCUT2D eigenvalue weighted by Gasteiger charge is 2.11. The molecule has 8 nitrogen and oxygen atoms in total. The zero-order valence-corrected chi connectivity index (χ0v) is 17.1. The quantitative estimate of drug-likeness (QED) is 0.399. The van der Waals surface area contributed by atoms with Crippen LogP contribution in [0, 0.1) is 19.1 Å². The minimum absolute atomic E-state index is 0.177. The van der Waals surface area contributed by atoms with E-state index in [4.69, 9.17) is 0 Å². The number of carbonyl (C=O) groups is 1. The molecule has 0 saturated heterocycles. The van der Waals surface area contributed by atoms with E-state index in [2.05, 4.69) is 25.3 Å². The molecule has 0 spiro atoms. The average molecular weight is 412 g/mol. The van der Waals surface area contributed by atoms with Crippen molar-refractivity contribution >= 4 is 11.7 Å². The highest BCUT2D eigenvalue weighted by molar-refractivity contribution is 5.91. The van der Waals surface area contributed by atoms with Crippen molar-refractivity contribution in [3.63, 3.8) is 0 Å². The van der Waals surface area contributed by atoms with Gasteiger partial charge in [0, 0.05) is 55.0 Å². The van der Waals surface area contributed by atoms with Crippen LogP contribution < -0.4 is 10.0 Å². The molecule has 4 aromatic heterocycles. The fourth-order valence-corrected chi connectivity index (χ4v) is 3.22. The molecule has 0 aliphatic carbocycles. The lowest BCUT2D eigenvalue weighted by Gasteiger charge is -2.09. The van der Waals surface area contributed by atoms with Crippen LogP contribution in [0.15, 0.2) is 67.5 Å². The molecule has 4 heterocycles. The Morgan fingerprint density at radius 1 is 1.00 bits per heavy atom. The highest BCUT2D eigenvalue weighted by atomic mass is 16.5. The van der Waals surface area contributed by atoms with Crippen LogP contribution in [-0.4, -0.2) is 25.8 Å². The van der Waals surface area contributed by atoms with Gasteiger partial charge in [0.25, 0.3) is 0 Å². The normalized spacial score (nSPS) is 10.6. The van der Waals surface area contributed by atoms with E-state index in [0.717, 1.165) is 32.7 Å². The number of amides is 1. The van der Waals surface area contributed by atoms with Gasteiger partial charge in [-0.05, 0) is 30.2 Å². The summed E-state index contributed by atoms with van der Waals surface area (Å²) in [6.07, 6.45) is 9.85. The SMILES string of the molecule is Cc1cc(CC(=O)Nc2ccc(-c3cnccn3)cn2)cnc1-c1cc[n+]([O-])c(C)c1. The third-order valence-electron chi connectivity index (χ3n) is 4.76. The van der Waals surface area contributed by atoms with Crippen molar-refractivity contribution in [2.75, 3.05) is 5.32 Å². The Morgan fingerprint density at radius 2 is 1.87 bits per heavy atom. The van der Waals surface area contributed by atoms with Gasteiger partial charge in [-0.3, -0.25) is 19.7 Å². The van der Waals surface area contributed by atoms with Crippen LogP contribution in [0.1, 0.15) is 16.8 Å². The number of anilines is 1. The van der Waals surface area contributed by atoms with E-state index in [9.17, 15) is 10.0 Å². The molecule has 8 heteroatoms. The molecule has 0 unspecified atom stereocenters. The summed E-state index contributed by atoms with van der Waals surface area (Å²) < 4.78 is 0.811. The molecule has 31 heavy (non-hydrogen) atoms. The van der Waals surface area contributed by atoms with Crippen LogP contribution in [0.4, 0.5) is 5.82 Å². The Balaban J connectivity index is 1.42. The van der Waals surface area contributed by atoms with Gasteiger partial charge in [-0.1, -0.05) is 6.07 Å². The molecule has 0 aromatic carbocycles. The van der Waals surface area contributed by atoms with Gasteiger partial charge < -0.3 is 10.5 Å². The summed E-state index contributed by atoms with van der Waals surface area (Å²) in [4.78, 5) is 29.5. The summed E-state index contributed by atoms with van der Waals surface area (Å²) in [6.45, 7) is 3.68. The Labute approximate surface area is 179 Å². The van der Waals surface area contributed by atoms with Gasteiger partial charge in [-0.25, -0.2) is 4.98 Å². The number of hydrogen-bond acceptors (Lipinski definition) is 6. The number of carbonyl (C=O) groups excluding carboxylic acids is 1. The maximum atomic E-state index is 12.4. The van der Waals surface area contributed by atoms with Gasteiger partial charge >= 0.3 is 0 Å². The molecule has 0 saturated carbocycles. The Morgan fingerprint density at radius 3 is 2.55 bits per heavy atom. The van der Waals surface area contributed by atoms with E-state index in [1.54, 1.807) is 56.1 Å². The third kappa shape index (κ3) is 4.69. The number of hydrogen-bond donors (Lipinski definition) is 1. The van der Waals surface area contributed by atoms with Crippen LogP contribution in [0.25, 0.3) is 22.5 Å². The zero-order chi connectivity index (χ0) is 21.8. The predicted octanol–water partition coefficient (Wildman–Crippen LogP) is 3.03. The van der Waals surface area contributed by atoms with Crippen molar-refractivity contribution in [1.29, 1.82) is 0 Å². The van der Waals surface area contributed by atoms with Crippen molar-refractivity contribution in [1.82, 2.24) is 19.9 Å². The average Bonchev–Trinajstić information content (AvgIpc) is 2.77. The fraction of sp³-hybridized carbons (Fsp3) is 0.130. The maximum Gasteiger partial charge on any atom is 0.230 e. The molecule has 1 N–H and O–H groups in total. The number of aryl methyl sites for hydroxylation is 2. The lowest BCUT2D eigenvalue weighted by molar-refractivity contribution is -0.612. The summed E-state index contributed by atoms with van der Waals surface area (Å²) in [5.74, 6) is 0.279. The lowest BCUT2D eigenvalue weighted by atomic mass is 10.0. The van der Waals surface area contributed by atoms with Gasteiger partial charge in [0.05, 0.1) is 24.0 Å². The smallest absolute Gasteiger partial charge is 0.230 e. The van der Waals surface area contributed by atoms with Gasteiger partial charge in [-0.15, -0.1) is 0 Å². The first-order chi connectivity index (χ1) is 15.0. The van der Waals surface area contributed by atoms with E-state index < -0.39 is 0 Å². The molecule has 0 aliphatic rings. The van der Waals surface area contributed by atoms with E-state index in [-0.39, 0.29) is 12.3 Å². The van der Waals surface area contributed by atoms with Gasteiger partial charge in [0.15, 0.2) is 11.9 Å². The Bertz CT molecular complexity index is 1230. The standard InChI is InChI=1S/C23H20N6O2/c1-15-9-17(12-27-23(15)18-5-8-29(31)16(2)10-18)11-22(30)28-21-4-3-19(13-26-21)20-14-24-6-7-25-20/h3-10,12-14H,11H2,1-2H3,(H,26,28,30). The van der Waals surface area contributed by atoms with E-state index in [1.165, 1.54) is 6.20 Å². The number of nitrogens with one attached hydrogen (secondary N) is 1. The Hall–Kier alpha value is -4.20. The number of rotatable bonds is 5. The van der Waals surface area contributed by atoms with Crippen molar-refractivity contribution in [3.05, 3.63) is 89.5 Å². The molecule has 1 amide bonds. The van der Waals surface area contributed by atoms with Crippen molar-refractivity contribution < 1.29 is 9.52 Å². The second kappa shape index (κ2) is 8.66. The third-order valence-corrected chi connectivity index (χ3v) is 4.76. The second-order valence-corrected chi connectivity index (χ2v) is 7.14. The van der Waals surface area contributed by atoms with Crippen molar-refractivity contribution in [3.8, 4) is 22.5 Å². The van der Waals surface area contributed by atoms with Gasteiger partial charge in [-0.2, -0.15) is 4.73 Å². The van der Waals surface area contributed by atoms with Crippen LogP contribution >= 0.6 is 0 Å². The van der Waals surface area contributed by atoms with Crippen LogP contribution in [-0.2, 0) is 11.2 Å². The van der Waals surface area contributed by atoms with E-state index in [1.807, 2.05) is 19.1 Å². The zero-order valence-electron chi connectivity index (χ0n) is 17.1. The summed E-state index contributed by atoms with van der Waals surface area (Å²) in [7, 11) is 0. The predicted molar refractivity (Wildman–Crippen MR) is 116 cm³/mol. The van der Waals surface area contributed by atoms with Crippen molar-refractivity contribution in [2.45, 2.75) is 20.3 Å². The Kier molecular flexibility index (Phi) is 5.61. The van der Waals surface area contributed by atoms with Crippen molar-refractivity contribution in [2.24, 2.45) is 0 Å². The first-order valence-corrected chi connectivity index (χ1v) is 9.67. The first-order valence-electron chi connectivity index (χ1n) is 9.67. The second-order valence-electron chi connectivity index (χ2n) is 7.14. The fourth-order valence-electron chi connectivity index (χ4n) is 3.22. The summed E-state index contributed by atoms with van der Waals surface area (Å²) in [6, 6.07) is 9.03. The first kappa shape index (κ1) is 20.1. The van der Waals surface area contributed by atoms with Crippen LogP contribution in [0.3, 0.4) is 0 Å². The topological polar surface area (TPSA) is 108 Å². The summed E-state index contributed by atoms with van der Waals surface area (Å²) in [5, 5.41) is 14.3. The number of aromatic nitrogens is 5. The molecule has 0 bridgehead atoms. The minimum Gasteiger partial charge on any atom is -0.619 e. The number of pyridine rings is 3. The van der Waals surface area contributed by atoms with E-state index >= 15 is 0 Å². The molecule has 4 aromatic rings. The molecular weight excluding hydrogens is 392 g/mol. The molecule has 0 fully saturated rings. The van der Waals surface area contributed by atoms with Crippen LogP contribution in [0.5, 0.6) is 0 Å². The number of nitrogens with zero attached hydrogens (tertiary/aromatic N) is 5. The molecule has 0 atom stereocenters. The lowest BCUT2D eigenvalue weighted by Crippen LogP contribution is -2.28. The molecule has 4 rings (SSSR count). The molecule has 154 valence electrons. The summed E-state index contributed by atoms with van der Waals surface area (Å²) in [5.41, 5.74) is 5.51. The van der Waals surface area contributed by atoms with Crippen LogP contribution in [0.2, 0.25) is 0 Å². The molecule has 0 aliphatic heterocycles. The molecule has 0 radical (unpaired) electrons. The van der Waals surface area contributed by atoms with Gasteiger partial charge in [0.2, 0.25) is 5.91 Å². The minimum atomic E-state index is -0.184. The highest BCUT2D eigenvalue weighted by Crippen LogP contribution is 2.22. The van der Waals surface area contributed by atoms with Gasteiger partial charge in [0.1, 0.15) is 5.82 Å². The largest absolute Gasteiger partial charge is 0.619 e. The summed E-state index contributed by atoms with van der Waals surface area (Å²) >= 11 is 0. The maximum absolute atomic E-state index is 12.4. The van der Waals surface area contributed by atoms with E-state index in [0.29, 0.717) is 17.2 Å². The molecular formula is C23H20N6O2. The monoisotopic (exact) mass is 412 g/mol.